The molecule has 0 unspecified atom stereocenters. The fraction of sp³-hybridized carbons (Fsp3) is 0.0952. The Morgan fingerprint density at radius 2 is 2.00 bits per heavy atom. The van der Waals surface area contributed by atoms with E-state index < -0.39 is 0 Å². The summed E-state index contributed by atoms with van der Waals surface area (Å²) in [5, 5.41) is 0.616. The normalized spacial score (nSPS) is 16.7. The lowest BCUT2D eigenvalue weighted by Crippen LogP contribution is -2.29. The van der Waals surface area contributed by atoms with E-state index in [1.165, 1.54) is 11.8 Å². The molecule has 27 heavy (non-hydrogen) atoms. The molecular weight excluding hydrogens is 358 g/mol. The Labute approximate surface area is 162 Å². The highest BCUT2D eigenvalue weighted by Gasteiger charge is 2.32. The maximum atomic E-state index is 12.8. The van der Waals surface area contributed by atoms with Gasteiger partial charge in [-0.2, -0.15) is 0 Å². The Morgan fingerprint density at radius 1 is 1.19 bits per heavy atom. The number of nitrogens with zero attached hydrogens (tertiary/aromatic N) is 3. The number of hydrogen-bond acceptors (Lipinski definition) is 5. The first kappa shape index (κ1) is 18.7. The predicted octanol–water partition coefficient (Wildman–Crippen LogP) is 4.44. The van der Waals surface area contributed by atoms with Crippen molar-refractivity contribution in [3.63, 3.8) is 0 Å². The number of carbonyl (C=O) groups is 1. The summed E-state index contributed by atoms with van der Waals surface area (Å²) < 4.78 is 5.48. The molecule has 2 heterocycles. The van der Waals surface area contributed by atoms with Crippen LogP contribution in [0.5, 0.6) is 5.75 Å². The molecule has 0 N–H and O–H groups in total. The Morgan fingerprint density at radius 3 is 2.67 bits per heavy atom. The first-order chi connectivity index (χ1) is 13.2. The number of amides is 1. The van der Waals surface area contributed by atoms with Crippen LogP contribution in [-0.4, -0.2) is 34.1 Å². The zero-order valence-electron chi connectivity index (χ0n) is 14.7. The number of thioether (sulfide) groups is 1. The fourth-order valence-corrected chi connectivity index (χ4v) is 3.39. The maximum absolute atomic E-state index is 12.8. The molecule has 2 aromatic rings. The van der Waals surface area contributed by atoms with Gasteiger partial charge in [0.2, 0.25) is 0 Å². The summed E-state index contributed by atoms with van der Waals surface area (Å²) in [5.74, 6) is 0.670. The van der Waals surface area contributed by atoms with Crippen molar-refractivity contribution in [3.8, 4) is 5.75 Å². The summed E-state index contributed by atoms with van der Waals surface area (Å²) in [6.45, 7) is 8.22. The minimum Gasteiger partial charge on any atom is -0.490 e. The van der Waals surface area contributed by atoms with Crippen molar-refractivity contribution in [2.24, 2.45) is 4.99 Å². The predicted molar refractivity (Wildman–Crippen MR) is 111 cm³/mol. The number of pyridine rings is 1. The number of aliphatic imine (C=N–C) groups is 1. The van der Waals surface area contributed by atoms with Gasteiger partial charge in [-0.15, -0.1) is 6.58 Å². The molecule has 6 heteroatoms. The van der Waals surface area contributed by atoms with Crippen LogP contribution < -0.4 is 4.74 Å². The van der Waals surface area contributed by atoms with Gasteiger partial charge in [0.25, 0.3) is 5.91 Å². The lowest BCUT2D eigenvalue weighted by Gasteiger charge is -2.12. The lowest BCUT2D eigenvalue weighted by molar-refractivity contribution is -0.121. The van der Waals surface area contributed by atoms with E-state index in [0.717, 1.165) is 11.3 Å². The Kier molecular flexibility index (Phi) is 6.22. The average Bonchev–Trinajstić information content (AvgIpc) is 2.97. The quantitative estimate of drug-likeness (QED) is 0.529. The Hall–Kier alpha value is -3.12. The van der Waals surface area contributed by atoms with Crippen molar-refractivity contribution >= 4 is 34.6 Å². The van der Waals surface area contributed by atoms with E-state index in [1.54, 1.807) is 29.4 Å². The summed E-state index contributed by atoms with van der Waals surface area (Å²) in [7, 11) is 0. The molecule has 1 saturated heterocycles. The topological polar surface area (TPSA) is 54.8 Å². The van der Waals surface area contributed by atoms with Crippen LogP contribution in [0.2, 0.25) is 0 Å². The molecule has 0 bridgehead atoms. The van der Waals surface area contributed by atoms with Crippen LogP contribution in [0.3, 0.4) is 0 Å². The first-order valence-electron chi connectivity index (χ1n) is 8.36. The van der Waals surface area contributed by atoms with Gasteiger partial charge in [-0.1, -0.05) is 30.9 Å². The Balaban J connectivity index is 1.84. The van der Waals surface area contributed by atoms with Gasteiger partial charge in [0.1, 0.15) is 12.4 Å². The van der Waals surface area contributed by atoms with Crippen molar-refractivity contribution in [1.29, 1.82) is 0 Å². The third-order valence-electron chi connectivity index (χ3n) is 3.62. The molecule has 1 aromatic carbocycles. The van der Waals surface area contributed by atoms with Gasteiger partial charge in [-0.05, 0) is 47.7 Å². The third-order valence-corrected chi connectivity index (χ3v) is 4.62. The van der Waals surface area contributed by atoms with Gasteiger partial charge >= 0.3 is 0 Å². The molecule has 1 fully saturated rings. The SMILES string of the molecule is C=CCOc1ccc(/C=C2\SC(=Nc3cccnc3)N(CC=C)C2=O)cc1. The highest BCUT2D eigenvalue weighted by atomic mass is 32.2. The second-order valence-electron chi connectivity index (χ2n) is 5.59. The minimum absolute atomic E-state index is 0.0884. The Bertz CT molecular complexity index is 889. The molecule has 0 spiro atoms. The minimum atomic E-state index is -0.0884. The van der Waals surface area contributed by atoms with Gasteiger partial charge in [0.05, 0.1) is 16.8 Å². The largest absolute Gasteiger partial charge is 0.490 e. The van der Waals surface area contributed by atoms with Gasteiger partial charge in [-0.3, -0.25) is 14.7 Å². The van der Waals surface area contributed by atoms with E-state index in [1.807, 2.05) is 42.5 Å². The molecule has 0 atom stereocenters. The molecule has 1 aromatic heterocycles. The van der Waals surface area contributed by atoms with Crippen molar-refractivity contribution in [2.75, 3.05) is 13.2 Å². The zero-order chi connectivity index (χ0) is 19.1. The van der Waals surface area contributed by atoms with E-state index >= 15 is 0 Å². The van der Waals surface area contributed by atoms with Gasteiger partial charge < -0.3 is 4.74 Å². The molecule has 0 saturated carbocycles. The molecular formula is C21H19N3O2S. The maximum Gasteiger partial charge on any atom is 0.267 e. The zero-order valence-corrected chi connectivity index (χ0v) is 15.6. The van der Waals surface area contributed by atoms with Crippen molar-refractivity contribution in [3.05, 3.63) is 84.6 Å². The number of aromatic nitrogens is 1. The molecule has 1 aliphatic heterocycles. The summed E-state index contributed by atoms with van der Waals surface area (Å²) in [4.78, 5) is 23.6. The van der Waals surface area contributed by atoms with Crippen LogP contribution in [-0.2, 0) is 4.79 Å². The fourth-order valence-electron chi connectivity index (χ4n) is 2.38. The van der Waals surface area contributed by atoms with E-state index in [2.05, 4.69) is 23.1 Å². The molecule has 5 nitrogen and oxygen atoms in total. The molecule has 3 rings (SSSR count). The van der Waals surface area contributed by atoms with Gasteiger partial charge in [0, 0.05) is 12.7 Å². The molecule has 0 aliphatic carbocycles. The van der Waals surface area contributed by atoms with Crippen LogP contribution in [0.4, 0.5) is 5.69 Å². The lowest BCUT2D eigenvalue weighted by atomic mass is 10.2. The van der Waals surface area contributed by atoms with E-state index in [9.17, 15) is 4.79 Å². The molecule has 1 amide bonds. The second-order valence-corrected chi connectivity index (χ2v) is 6.60. The highest BCUT2D eigenvalue weighted by Crippen LogP contribution is 2.34. The van der Waals surface area contributed by atoms with E-state index in [-0.39, 0.29) is 5.91 Å². The summed E-state index contributed by atoms with van der Waals surface area (Å²) in [5.41, 5.74) is 1.62. The third kappa shape index (κ3) is 4.74. The summed E-state index contributed by atoms with van der Waals surface area (Å²) in [6.07, 6.45) is 8.58. The van der Waals surface area contributed by atoms with Crippen LogP contribution in [0.15, 0.2) is 84.0 Å². The highest BCUT2D eigenvalue weighted by molar-refractivity contribution is 8.18. The standard InChI is InChI=1S/C21H19N3O2S/c1-3-12-24-20(25)19(27-21(24)23-17-6-5-11-22-15-17)14-16-7-9-18(10-8-16)26-13-4-2/h3-11,14-15H,1-2,12-13H2/b19-14-,23-21?. The van der Waals surface area contributed by atoms with Crippen LogP contribution in [0.25, 0.3) is 6.08 Å². The van der Waals surface area contributed by atoms with Crippen molar-refractivity contribution < 1.29 is 9.53 Å². The van der Waals surface area contributed by atoms with Gasteiger partial charge in [-0.25, -0.2) is 4.99 Å². The van der Waals surface area contributed by atoms with Gasteiger partial charge in [0.15, 0.2) is 5.17 Å². The second kappa shape index (κ2) is 9.00. The van der Waals surface area contributed by atoms with Crippen molar-refractivity contribution in [2.45, 2.75) is 0 Å². The van der Waals surface area contributed by atoms with Crippen LogP contribution in [0.1, 0.15) is 5.56 Å². The smallest absolute Gasteiger partial charge is 0.267 e. The number of carbonyl (C=O) groups excluding carboxylic acids is 1. The first-order valence-corrected chi connectivity index (χ1v) is 9.17. The van der Waals surface area contributed by atoms with Crippen molar-refractivity contribution in [1.82, 2.24) is 9.88 Å². The monoisotopic (exact) mass is 377 g/mol. The summed E-state index contributed by atoms with van der Waals surface area (Å²) >= 11 is 1.34. The number of ether oxygens (including phenoxy) is 1. The van der Waals surface area contributed by atoms with Crippen LogP contribution in [0, 0.1) is 0 Å². The summed E-state index contributed by atoms with van der Waals surface area (Å²) in [6, 6.07) is 11.2. The average molecular weight is 377 g/mol. The molecule has 0 radical (unpaired) electrons. The number of rotatable bonds is 7. The van der Waals surface area contributed by atoms with E-state index in [0.29, 0.717) is 28.9 Å². The molecule has 1 aliphatic rings. The van der Waals surface area contributed by atoms with Crippen LogP contribution >= 0.6 is 11.8 Å². The number of benzene rings is 1. The molecule has 136 valence electrons. The van der Waals surface area contributed by atoms with E-state index in [4.69, 9.17) is 4.74 Å². The number of amidine groups is 1. The number of hydrogen-bond donors (Lipinski definition) is 0.